The van der Waals surface area contributed by atoms with Crippen LogP contribution in [0.5, 0.6) is 11.6 Å². The van der Waals surface area contributed by atoms with Gasteiger partial charge in [-0.3, -0.25) is 4.79 Å². The first-order chi connectivity index (χ1) is 11.0. The van der Waals surface area contributed by atoms with E-state index < -0.39 is 0 Å². The van der Waals surface area contributed by atoms with Crippen molar-refractivity contribution >= 4 is 5.91 Å². The Morgan fingerprint density at radius 2 is 2.04 bits per heavy atom. The molecule has 2 heterocycles. The first-order valence-corrected chi connectivity index (χ1v) is 7.87. The monoisotopic (exact) mass is 311 g/mol. The van der Waals surface area contributed by atoms with Gasteiger partial charge in [0.1, 0.15) is 11.6 Å². The van der Waals surface area contributed by atoms with Crippen LogP contribution in [0.25, 0.3) is 0 Å². The van der Waals surface area contributed by atoms with Gasteiger partial charge in [-0.05, 0) is 31.9 Å². The summed E-state index contributed by atoms with van der Waals surface area (Å²) < 4.78 is 5.93. The molecular formula is C18H21N3O2. The lowest BCUT2D eigenvalue weighted by molar-refractivity contribution is -0.127. The van der Waals surface area contributed by atoms with Gasteiger partial charge in [-0.25, -0.2) is 4.98 Å². The molecule has 5 nitrogen and oxygen atoms in total. The second-order valence-electron chi connectivity index (χ2n) is 6.02. The molecule has 0 N–H and O–H groups in total. The van der Waals surface area contributed by atoms with Gasteiger partial charge in [-0.2, -0.15) is 4.98 Å². The summed E-state index contributed by atoms with van der Waals surface area (Å²) in [6.45, 7) is 7.00. The third-order valence-electron chi connectivity index (χ3n) is 4.15. The number of hydrogen-bond acceptors (Lipinski definition) is 4. The van der Waals surface area contributed by atoms with E-state index in [2.05, 4.69) is 9.97 Å². The number of carbonyl (C=O) groups is 1. The van der Waals surface area contributed by atoms with E-state index in [0.717, 1.165) is 35.8 Å². The molecule has 1 atom stereocenters. The standard InChI is InChI=1S/C18H21N3O2/c1-12-6-4-5-7-16(12)23-17-10-13(2)19-18(20-17)15-8-9-21(11-15)14(3)22/h4-7,10,15H,8-9,11H2,1-3H3/t15-/m0/s1. The van der Waals surface area contributed by atoms with Crippen molar-refractivity contribution in [2.75, 3.05) is 13.1 Å². The number of para-hydroxylation sites is 1. The minimum absolute atomic E-state index is 0.108. The van der Waals surface area contributed by atoms with Gasteiger partial charge < -0.3 is 9.64 Å². The van der Waals surface area contributed by atoms with E-state index in [-0.39, 0.29) is 11.8 Å². The fourth-order valence-electron chi connectivity index (χ4n) is 2.84. The Labute approximate surface area is 136 Å². The van der Waals surface area contributed by atoms with E-state index in [1.54, 1.807) is 6.92 Å². The molecule has 120 valence electrons. The second-order valence-corrected chi connectivity index (χ2v) is 6.02. The Balaban J connectivity index is 1.83. The highest BCUT2D eigenvalue weighted by Crippen LogP contribution is 2.28. The maximum atomic E-state index is 11.5. The third-order valence-corrected chi connectivity index (χ3v) is 4.15. The third kappa shape index (κ3) is 3.50. The van der Waals surface area contributed by atoms with E-state index >= 15 is 0 Å². The molecule has 2 aromatic rings. The lowest BCUT2D eigenvalue weighted by Crippen LogP contribution is -2.25. The van der Waals surface area contributed by atoms with Crippen molar-refractivity contribution in [2.45, 2.75) is 33.1 Å². The molecule has 1 aliphatic rings. The largest absolute Gasteiger partial charge is 0.439 e. The Kier molecular flexibility index (Phi) is 4.28. The van der Waals surface area contributed by atoms with Gasteiger partial charge >= 0.3 is 0 Å². The Morgan fingerprint density at radius 1 is 1.26 bits per heavy atom. The molecule has 0 bridgehead atoms. The Bertz CT molecular complexity index is 730. The molecule has 5 heteroatoms. The number of benzene rings is 1. The predicted molar refractivity (Wildman–Crippen MR) is 87.6 cm³/mol. The highest BCUT2D eigenvalue weighted by atomic mass is 16.5. The van der Waals surface area contributed by atoms with Crippen molar-refractivity contribution in [1.82, 2.24) is 14.9 Å². The summed E-state index contributed by atoms with van der Waals surface area (Å²) in [5, 5.41) is 0. The molecule has 0 spiro atoms. The number of rotatable bonds is 3. The number of aromatic nitrogens is 2. The van der Waals surface area contributed by atoms with Crippen LogP contribution in [0.4, 0.5) is 0 Å². The number of nitrogens with zero attached hydrogens (tertiary/aromatic N) is 3. The van der Waals surface area contributed by atoms with Crippen LogP contribution in [0, 0.1) is 13.8 Å². The first-order valence-electron chi connectivity index (χ1n) is 7.87. The minimum atomic E-state index is 0.108. The van der Waals surface area contributed by atoms with Crippen molar-refractivity contribution in [3.63, 3.8) is 0 Å². The van der Waals surface area contributed by atoms with Gasteiger partial charge in [-0.1, -0.05) is 18.2 Å². The van der Waals surface area contributed by atoms with Crippen molar-refractivity contribution in [1.29, 1.82) is 0 Å². The summed E-state index contributed by atoms with van der Waals surface area (Å²) in [7, 11) is 0. The van der Waals surface area contributed by atoms with Crippen LogP contribution in [0.2, 0.25) is 0 Å². The molecule has 0 saturated carbocycles. The summed E-state index contributed by atoms with van der Waals surface area (Å²) in [6, 6.07) is 9.70. The van der Waals surface area contributed by atoms with Crippen molar-refractivity contribution in [3.05, 3.63) is 47.4 Å². The smallest absolute Gasteiger partial charge is 0.222 e. The predicted octanol–water partition coefficient (Wildman–Crippen LogP) is 3.22. The number of aryl methyl sites for hydroxylation is 2. The van der Waals surface area contributed by atoms with Crippen LogP contribution in [0.15, 0.2) is 30.3 Å². The van der Waals surface area contributed by atoms with Gasteiger partial charge in [0, 0.05) is 37.7 Å². The normalized spacial score (nSPS) is 17.3. The van der Waals surface area contributed by atoms with Gasteiger partial charge in [0.15, 0.2) is 0 Å². The molecular weight excluding hydrogens is 290 g/mol. The van der Waals surface area contributed by atoms with Crippen molar-refractivity contribution in [2.24, 2.45) is 0 Å². The molecule has 3 rings (SSSR count). The number of ether oxygens (including phenoxy) is 1. The van der Waals surface area contributed by atoms with Crippen LogP contribution in [0.3, 0.4) is 0 Å². The van der Waals surface area contributed by atoms with Gasteiger partial charge in [0.05, 0.1) is 0 Å². The van der Waals surface area contributed by atoms with Gasteiger partial charge in [0.25, 0.3) is 0 Å². The molecule has 0 radical (unpaired) electrons. The zero-order chi connectivity index (χ0) is 16.4. The van der Waals surface area contributed by atoms with Gasteiger partial charge in [0.2, 0.25) is 11.8 Å². The van der Waals surface area contributed by atoms with E-state index in [0.29, 0.717) is 12.4 Å². The zero-order valence-electron chi connectivity index (χ0n) is 13.7. The molecule has 1 aliphatic heterocycles. The first kappa shape index (κ1) is 15.5. The van der Waals surface area contributed by atoms with E-state index in [1.807, 2.05) is 49.1 Å². The highest BCUT2D eigenvalue weighted by Gasteiger charge is 2.28. The summed E-state index contributed by atoms with van der Waals surface area (Å²) in [4.78, 5) is 22.5. The molecule has 1 amide bonds. The average Bonchev–Trinajstić information content (AvgIpc) is 2.99. The second kappa shape index (κ2) is 6.36. The van der Waals surface area contributed by atoms with Crippen molar-refractivity contribution < 1.29 is 9.53 Å². The minimum Gasteiger partial charge on any atom is -0.439 e. The van der Waals surface area contributed by atoms with Gasteiger partial charge in [-0.15, -0.1) is 0 Å². The maximum absolute atomic E-state index is 11.5. The molecule has 0 unspecified atom stereocenters. The molecule has 1 aromatic heterocycles. The van der Waals surface area contributed by atoms with Crippen LogP contribution in [-0.4, -0.2) is 33.9 Å². The van der Waals surface area contributed by atoms with E-state index in [9.17, 15) is 4.79 Å². The van der Waals surface area contributed by atoms with Crippen molar-refractivity contribution in [3.8, 4) is 11.6 Å². The molecule has 23 heavy (non-hydrogen) atoms. The van der Waals surface area contributed by atoms with Crippen LogP contribution >= 0.6 is 0 Å². The summed E-state index contributed by atoms with van der Waals surface area (Å²) >= 11 is 0. The Hall–Kier alpha value is -2.43. The number of amides is 1. The number of hydrogen-bond donors (Lipinski definition) is 0. The highest BCUT2D eigenvalue weighted by molar-refractivity contribution is 5.73. The number of likely N-dealkylation sites (tertiary alicyclic amines) is 1. The molecule has 1 saturated heterocycles. The summed E-state index contributed by atoms with van der Waals surface area (Å²) in [6.07, 6.45) is 0.896. The lowest BCUT2D eigenvalue weighted by Gasteiger charge is -2.14. The molecule has 1 aromatic carbocycles. The SMILES string of the molecule is CC(=O)N1CC[C@H](c2nc(C)cc(Oc3ccccc3C)n2)C1. The van der Waals surface area contributed by atoms with Crippen LogP contribution in [-0.2, 0) is 4.79 Å². The lowest BCUT2D eigenvalue weighted by atomic mass is 10.1. The number of carbonyl (C=O) groups excluding carboxylic acids is 1. The Morgan fingerprint density at radius 3 is 2.74 bits per heavy atom. The topological polar surface area (TPSA) is 55.3 Å². The van der Waals surface area contributed by atoms with E-state index in [4.69, 9.17) is 4.74 Å². The fourth-order valence-corrected chi connectivity index (χ4v) is 2.84. The summed E-state index contributed by atoms with van der Waals surface area (Å²) in [5.41, 5.74) is 1.94. The fraction of sp³-hybridized carbons (Fsp3) is 0.389. The molecule has 1 fully saturated rings. The van der Waals surface area contributed by atoms with Crippen LogP contribution in [0.1, 0.15) is 36.3 Å². The van der Waals surface area contributed by atoms with E-state index in [1.165, 1.54) is 0 Å². The quantitative estimate of drug-likeness (QED) is 0.873. The maximum Gasteiger partial charge on any atom is 0.222 e. The summed E-state index contributed by atoms with van der Waals surface area (Å²) in [5.74, 6) is 2.41. The zero-order valence-corrected chi connectivity index (χ0v) is 13.7. The average molecular weight is 311 g/mol. The molecule has 0 aliphatic carbocycles. The van der Waals surface area contributed by atoms with Crippen LogP contribution < -0.4 is 4.74 Å².